The largest absolute Gasteiger partial charge is 0.346 e. The molecule has 1 saturated heterocycles. The molecule has 0 atom stereocenters. The number of rotatable bonds is 2. The van der Waals surface area contributed by atoms with Gasteiger partial charge in [0.25, 0.3) is 5.91 Å². The van der Waals surface area contributed by atoms with Crippen molar-refractivity contribution in [3.63, 3.8) is 0 Å². The third-order valence-corrected chi connectivity index (χ3v) is 4.17. The first-order valence-electron chi connectivity index (χ1n) is 6.31. The third kappa shape index (κ3) is 2.84. The van der Waals surface area contributed by atoms with Gasteiger partial charge in [-0.3, -0.25) is 4.79 Å². The molecule has 0 aliphatic carbocycles. The highest BCUT2D eigenvalue weighted by molar-refractivity contribution is 7.99. The van der Waals surface area contributed by atoms with Crippen molar-refractivity contribution in [2.45, 2.75) is 18.9 Å². The molecule has 5 nitrogen and oxygen atoms in total. The lowest BCUT2D eigenvalue weighted by Gasteiger charge is -2.21. The average Bonchev–Trinajstić information content (AvgIpc) is 2.48. The maximum Gasteiger partial charge on any atom is 0.291 e. The molecule has 1 N–H and O–H groups in total. The van der Waals surface area contributed by atoms with Gasteiger partial charge in [0.2, 0.25) is 5.82 Å². The second kappa shape index (κ2) is 5.52. The lowest BCUT2D eigenvalue weighted by Crippen LogP contribution is -2.38. The Morgan fingerprint density at radius 2 is 1.89 bits per heavy atom. The zero-order valence-corrected chi connectivity index (χ0v) is 11.2. The first-order valence-corrected chi connectivity index (χ1v) is 7.46. The van der Waals surface area contributed by atoms with Crippen LogP contribution in [0.1, 0.15) is 23.5 Å². The minimum atomic E-state index is -0.227. The monoisotopic (exact) mass is 274 g/mol. The summed E-state index contributed by atoms with van der Waals surface area (Å²) in [4.78, 5) is 16.3. The number of hydrogen-bond acceptors (Lipinski definition) is 5. The first kappa shape index (κ1) is 12.3. The number of aromatic nitrogens is 3. The van der Waals surface area contributed by atoms with E-state index in [9.17, 15) is 4.79 Å². The van der Waals surface area contributed by atoms with Gasteiger partial charge in [0, 0.05) is 6.04 Å². The molecule has 1 aromatic heterocycles. The molecule has 1 aromatic carbocycles. The zero-order chi connectivity index (χ0) is 13.1. The number of benzene rings is 1. The Hall–Kier alpha value is -1.69. The van der Waals surface area contributed by atoms with Crippen molar-refractivity contribution in [3.05, 3.63) is 30.1 Å². The molecule has 1 aliphatic heterocycles. The number of amides is 1. The van der Waals surface area contributed by atoms with Crippen LogP contribution in [0.15, 0.2) is 24.3 Å². The number of carbonyl (C=O) groups excluding carboxylic acids is 1. The van der Waals surface area contributed by atoms with Crippen molar-refractivity contribution in [3.8, 4) is 0 Å². The highest BCUT2D eigenvalue weighted by atomic mass is 32.2. The van der Waals surface area contributed by atoms with Crippen LogP contribution in [0.25, 0.3) is 11.0 Å². The van der Waals surface area contributed by atoms with E-state index in [-0.39, 0.29) is 17.8 Å². The second-order valence-corrected chi connectivity index (χ2v) is 5.71. The van der Waals surface area contributed by atoms with Crippen LogP contribution in [0, 0.1) is 0 Å². The van der Waals surface area contributed by atoms with Crippen molar-refractivity contribution < 1.29 is 4.79 Å². The molecule has 0 saturated carbocycles. The zero-order valence-electron chi connectivity index (χ0n) is 10.4. The molecule has 0 spiro atoms. The molecule has 2 aromatic rings. The van der Waals surface area contributed by atoms with Gasteiger partial charge in [-0.1, -0.05) is 12.1 Å². The van der Waals surface area contributed by atoms with Crippen molar-refractivity contribution in [2.24, 2.45) is 0 Å². The smallest absolute Gasteiger partial charge is 0.291 e. The second-order valence-electron chi connectivity index (χ2n) is 4.48. The summed E-state index contributed by atoms with van der Waals surface area (Å²) in [5.74, 6) is 2.12. The van der Waals surface area contributed by atoms with Gasteiger partial charge in [0.1, 0.15) is 5.52 Å². The third-order valence-electron chi connectivity index (χ3n) is 3.12. The number of nitrogens with one attached hydrogen (secondary N) is 1. The Labute approximate surface area is 115 Å². The molecule has 1 amide bonds. The fourth-order valence-corrected chi connectivity index (χ4v) is 3.18. The number of fused-ring (bicyclic) bond motifs is 1. The van der Waals surface area contributed by atoms with Crippen LogP contribution < -0.4 is 5.32 Å². The predicted octanol–water partition coefficient (Wildman–Crippen LogP) is 1.65. The maximum atomic E-state index is 12.1. The summed E-state index contributed by atoms with van der Waals surface area (Å²) in [6.07, 6.45) is 2.02. The number of nitrogens with zero attached hydrogens (tertiary/aromatic N) is 3. The van der Waals surface area contributed by atoms with E-state index in [2.05, 4.69) is 20.5 Å². The van der Waals surface area contributed by atoms with E-state index >= 15 is 0 Å². The lowest BCUT2D eigenvalue weighted by atomic mass is 10.1. The molecule has 98 valence electrons. The predicted molar refractivity (Wildman–Crippen MR) is 75.1 cm³/mol. The number of hydrogen-bond donors (Lipinski definition) is 1. The maximum absolute atomic E-state index is 12.1. The fraction of sp³-hybridized carbons (Fsp3) is 0.385. The van der Waals surface area contributed by atoms with Crippen molar-refractivity contribution >= 4 is 28.7 Å². The minimum absolute atomic E-state index is 0.150. The summed E-state index contributed by atoms with van der Waals surface area (Å²) in [7, 11) is 0. The summed E-state index contributed by atoms with van der Waals surface area (Å²) < 4.78 is 0. The van der Waals surface area contributed by atoms with Crippen LogP contribution in [-0.2, 0) is 0 Å². The SMILES string of the molecule is O=C(NC1CCSCC1)c1nnc2ccccc2n1. The summed E-state index contributed by atoms with van der Waals surface area (Å²) in [6.45, 7) is 0. The van der Waals surface area contributed by atoms with Crippen molar-refractivity contribution in [2.75, 3.05) is 11.5 Å². The van der Waals surface area contributed by atoms with E-state index in [0.29, 0.717) is 11.0 Å². The Balaban J connectivity index is 1.77. The molecule has 0 bridgehead atoms. The number of carbonyl (C=O) groups is 1. The molecule has 3 rings (SSSR count). The van der Waals surface area contributed by atoms with E-state index in [1.54, 1.807) is 0 Å². The van der Waals surface area contributed by atoms with Gasteiger partial charge >= 0.3 is 0 Å². The van der Waals surface area contributed by atoms with E-state index in [0.717, 1.165) is 24.3 Å². The number of thioether (sulfide) groups is 1. The van der Waals surface area contributed by atoms with Gasteiger partial charge < -0.3 is 5.32 Å². The highest BCUT2D eigenvalue weighted by Gasteiger charge is 2.18. The van der Waals surface area contributed by atoms with Crippen LogP contribution in [0.2, 0.25) is 0 Å². The Kier molecular flexibility index (Phi) is 3.59. The quantitative estimate of drug-likeness (QED) is 0.902. The molecule has 19 heavy (non-hydrogen) atoms. The fourth-order valence-electron chi connectivity index (χ4n) is 2.07. The summed E-state index contributed by atoms with van der Waals surface area (Å²) >= 11 is 1.93. The summed E-state index contributed by atoms with van der Waals surface area (Å²) in [5.41, 5.74) is 1.40. The molecule has 2 heterocycles. The Bertz CT molecular complexity index is 598. The van der Waals surface area contributed by atoms with E-state index in [1.807, 2.05) is 36.0 Å². The van der Waals surface area contributed by atoms with Crippen molar-refractivity contribution in [1.82, 2.24) is 20.5 Å². The highest BCUT2D eigenvalue weighted by Crippen LogP contribution is 2.17. The Morgan fingerprint density at radius 3 is 2.68 bits per heavy atom. The van der Waals surface area contributed by atoms with Crippen LogP contribution in [0.4, 0.5) is 0 Å². The number of para-hydroxylation sites is 1. The molecule has 0 radical (unpaired) electrons. The molecule has 6 heteroatoms. The lowest BCUT2D eigenvalue weighted by molar-refractivity contribution is 0.0923. The van der Waals surface area contributed by atoms with E-state index in [4.69, 9.17) is 0 Å². The molecular weight excluding hydrogens is 260 g/mol. The van der Waals surface area contributed by atoms with Crippen LogP contribution in [-0.4, -0.2) is 38.6 Å². The first-order chi connectivity index (χ1) is 9.33. The van der Waals surface area contributed by atoms with Crippen LogP contribution in [0.3, 0.4) is 0 Å². The molecule has 1 fully saturated rings. The Morgan fingerprint density at radius 1 is 1.16 bits per heavy atom. The van der Waals surface area contributed by atoms with E-state index in [1.165, 1.54) is 0 Å². The molecule has 0 unspecified atom stereocenters. The summed E-state index contributed by atoms with van der Waals surface area (Å²) in [6, 6.07) is 7.65. The van der Waals surface area contributed by atoms with Gasteiger partial charge in [0.15, 0.2) is 0 Å². The van der Waals surface area contributed by atoms with Gasteiger partial charge in [-0.25, -0.2) is 4.98 Å². The molecule has 1 aliphatic rings. The van der Waals surface area contributed by atoms with Crippen LogP contribution in [0.5, 0.6) is 0 Å². The van der Waals surface area contributed by atoms with Gasteiger partial charge in [-0.15, -0.1) is 10.2 Å². The summed E-state index contributed by atoms with van der Waals surface area (Å²) in [5, 5.41) is 10.9. The van der Waals surface area contributed by atoms with E-state index < -0.39 is 0 Å². The van der Waals surface area contributed by atoms with Crippen LogP contribution >= 0.6 is 11.8 Å². The van der Waals surface area contributed by atoms with Gasteiger partial charge in [-0.05, 0) is 36.5 Å². The topological polar surface area (TPSA) is 67.8 Å². The van der Waals surface area contributed by atoms with Crippen molar-refractivity contribution in [1.29, 1.82) is 0 Å². The molecular formula is C13H14N4OS. The normalized spacial score (nSPS) is 16.4. The minimum Gasteiger partial charge on any atom is -0.346 e. The standard InChI is InChI=1S/C13H14N4OS/c18-13(14-9-5-7-19-8-6-9)12-15-10-3-1-2-4-11(10)16-17-12/h1-4,9H,5-8H2,(H,14,18). The average molecular weight is 274 g/mol. The van der Waals surface area contributed by atoms with Gasteiger partial charge in [0.05, 0.1) is 5.52 Å². The van der Waals surface area contributed by atoms with Gasteiger partial charge in [-0.2, -0.15) is 11.8 Å².